The van der Waals surface area contributed by atoms with Gasteiger partial charge in [-0.25, -0.2) is 0 Å². The molecular formula is C17H27ClN2O3. The van der Waals surface area contributed by atoms with Crippen LogP contribution in [0.4, 0.5) is 0 Å². The highest BCUT2D eigenvalue weighted by molar-refractivity contribution is 5.85. The van der Waals surface area contributed by atoms with Gasteiger partial charge in [0.2, 0.25) is 5.91 Å². The second-order valence-corrected chi connectivity index (χ2v) is 6.07. The zero-order chi connectivity index (χ0) is 16.0. The third-order valence-corrected chi connectivity index (χ3v) is 4.30. The summed E-state index contributed by atoms with van der Waals surface area (Å²) in [4.78, 5) is 12.1. The van der Waals surface area contributed by atoms with Crippen molar-refractivity contribution in [3.8, 4) is 11.5 Å². The van der Waals surface area contributed by atoms with E-state index >= 15 is 0 Å². The highest BCUT2D eigenvalue weighted by Crippen LogP contribution is 2.28. The predicted molar refractivity (Wildman–Crippen MR) is 93.5 cm³/mol. The van der Waals surface area contributed by atoms with Crippen molar-refractivity contribution < 1.29 is 14.3 Å². The van der Waals surface area contributed by atoms with E-state index in [2.05, 4.69) is 5.32 Å². The molecule has 0 aromatic heterocycles. The van der Waals surface area contributed by atoms with E-state index in [1.54, 1.807) is 14.2 Å². The van der Waals surface area contributed by atoms with Crippen molar-refractivity contribution in [2.24, 2.45) is 5.73 Å². The Morgan fingerprint density at radius 2 is 1.83 bits per heavy atom. The van der Waals surface area contributed by atoms with Gasteiger partial charge in [-0.3, -0.25) is 4.79 Å². The van der Waals surface area contributed by atoms with E-state index in [0.29, 0.717) is 24.5 Å². The zero-order valence-corrected chi connectivity index (χ0v) is 14.7. The zero-order valence-electron chi connectivity index (χ0n) is 13.9. The summed E-state index contributed by atoms with van der Waals surface area (Å²) in [6, 6.07) is 5.52. The van der Waals surface area contributed by atoms with E-state index < -0.39 is 0 Å². The first-order valence-electron chi connectivity index (χ1n) is 7.83. The smallest absolute Gasteiger partial charge is 0.224 e. The number of ether oxygens (including phenoxy) is 2. The molecule has 5 nitrogen and oxygen atoms in total. The average molecular weight is 343 g/mol. The molecule has 0 saturated heterocycles. The largest absolute Gasteiger partial charge is 0.493 e. The Labute approximate surface area is 144 Å². The molecule has 0 unspecified atom stereocenters. The van der Waals surface area contributed by atoms with Gasteiger partial charge in [-0.05, 0) is 30.5 Å². The fourth-order valence-electron chi connectivity index (χ4n) is 2.95. The lowest BCUT2D eigenvalue weighted by atomic mass is 9.82. The Morgan fingerprint density at radius 3 is 2.43 bits per heavy atom. The quantitative estimate of drug-likeness (QED) is 0.832. The Bertz CT molecular complexity index is 517. The molecule has 1 aromatic rings. The first-order chi connectivity index (χ1) is 10.6. The van der Waals surface area contributed by atoms with Crippen molar-refractivity contribution in [2.45, 2.75) is 44.1 Å². The summed E-state index contributed by atoms with van der Waals surface area (Å²) in [7, 11) is 3.18. The number of carbonyl (C=O) groups is 1. The lowest BCUT2D eigenvalue weighted by molar-refractivity contribution is -0.120. The molecule has 2 rings (SSSR count). The molecule has 1 amide bonds. The van der Waals surface area contributed by atoms with Gasteiger partial charge in [0.25, 0.3) is 0 Å². The average Bonchev–Trinajstić information content (AvgIpc) is 2.53. The Hall–Kier alpha value is -1.46. The van der Waals surface area contributed by atoms with E-state index in [0.717, 1.165) is 31.2 Å². The number of benzene rings is 1. The number of hydrogen-bond acceptors (Lipinski definition) is 4. The molecule has 130 valence electrons. The van der Waals surface area contributed by atoms with Crippen LogP contribution in [0, 0.1) is 0 Å². The molecule has 6 heteroatoms. The van der Waals surface area contributed by atoms with Crippen LogP contribution < -0.4 is 20.5 Å². The van der Waals surface area contributed by atoms with Crippen LogP contribution in [0.5, 0.6) is 11.5 Å². The lowest BCUT2D eigenvalue weighted by Crippen LogP contribution is -2.51. The number of nitrogens with two attached hydrogens (primary N) is 1. The van der Waals surface area contributed by atoms with Crippen LogP contribution in [-0.4, -0.2) is 32.2 Å². The van der Waals surface area contributed by atoms with Crippen LogP contribution in [-0.2, 0) is 11.2 Å². The fraction of sp³-hybridized carbons (Fsp3) is 0.588. The van der Waals surface area contributed by atoms with Crippen molar-refractivity contribution in [3.63, 3.8) is 0 Å². The van der Waals surface area contributed by atoms with Gasteiger partial charge in [-0.15, -0.1) is 12.4 Å². The maximum absolute atomic E-state index is 12.1. The number of carbonyl (C=O) groups excluding carboxylic acids is 1. The van der Waals surface area contributed by atoms with E-state index in [9.17, 15) is 4.79 Å². The number of methoxy groups -OCH3 is 2. The minimum atomic E-state index is -0.231. The monoisotopic (exact) mass is 342 g/mol. The molecule has 0 bridgehead atoms. The lowest BCUT2D eigenvalue weighted by Gasteiger charge is -2.33. The number of nitrogens with one attached hydrogen (secondary N) is 1. The summed E-state index contributed by atoms with van der Waals surface area (Å²) in [5.41, 5.74) is 7.00. The SMILES string of the molecule is COc1ccc(CC(=O)NCC2(N)CCCCC2)cc1OC.Cl. The standard InChI is InChI=1S/C17H26N2O3.ClH/c1-21-14-7-6-13(10-15(14)22-2)11-16(20)19-12-17(18)8-4-3-5-9-17;/h6-7,10H,3-5,8-9,11-12,18H2,1-2H3,(H,19,20);1H. The highest BCUT2D eigenvalue weighted by Gasteiger charge is 2.27. The molecular weight excluding hydrogens is 316 g/mol. The summed E-state index contributed by atoms with van der Waals surface area (Å²) < 4.78 is 10.4. The molecule has 0 atom stereocenters. The second-order valence-electron chi connectivity index (χ2n) is 6.07. The Balaban J connectivity index is 0.00000264. The van der Waals surface area contributed by atoms with Gasteiger partial charge in [-0.2, -0.15) is 0 Å². The van der Waals surface area contributed by atoms with E-state index in [-0.39, 0.29) is 23.9 Å². The summed E-state index contributed by atoms with van der Waals surface area (Å²) >= 11 is 0. The highest BCUT2D eigenvalue weighted by atomic mass is 35.5. The number of rotatable bonds is 6. The fourth-order valence-corrected chi connectivity index (χ4v) is 2.95. The Kier molecular flexibility index (Phi) is 7.65. The van der Waals surface area contributed by atoms with Crippen LogP contribution in [0.25, 0.3) is 0 Å². The van der Waals surface area contributed by atoms with Gasteiger partial charge in [-0.1, -0.05) is 25.3 Å². The first-order valence-corrected chi connectivity index (χ1v) is 7.83. The molecule has 23 heavy (non-hydrogen) atoms. The van der Waals surface area contributed by atoms with Crippen molar-refractivity contribution in [3.05, 3.63) is 23.8 Å². The summed E-state index contributed by atoms with van der Waals surface area (Å²) in [6.45, 7) is 0.555. The number of amides is 1. The molecule has 1 fully saturated rings. The van der Waals surface area contributed by atoms with Crippen molar-refractivity contribution in [1.29, 1.82) is 0 Å². The third kappa shape index (κ3) is 5.59. The molecule has 0 heterocycles. The molecule has 1 saturated carbocycles. The van der Waals surface area contributed by atoms with E-state index in [1.165, 1.54) is 6.42 Å². The van der Waals surface area contributed by atoms with Crippen LogP contribution in [0.2, 0.25) is 0 Å². The first kappa shape index (κ1) is 19.6. The molecule has 0 aliphatic heterocycles. The summed E-state index contributed by atoms with van der Waals surface area (Å²) in [5.74, 6) is 1.28. The minimum absolute atomic E-state index is 0. The molecule has 0 radical (unpaired) electrons. The van der Waals surface area contributed by atoms with Gasteiger partial charge < -0.3 is 20.5 Å². The van der Waals surface area contributed by atoms with Crippen molar-refractivity contribution >= 4 is 18.3 Å². The maximum atomic E-state index is 12.1. The summed E-state index contributed by atoms with van der Waals surface area (Å²) in [5, 5.41) is 2.97. The van der Waals surface area contributed by atoms with E-state index in [4.69, 9.17) is 15.2 Å². The maximum Gasteiger partial charge on any atom is 0.224 e. The van der Waals surface area contributed by atoms with Gasteiger partial charge in [0.1, 0.15) is 0 Å². The van der Waals surface area contributed by atoms with Gasteiger partial charge in [0.15, 0.2) is 11.5 Å². The van der Waals surface area contributed by atoms with Gasteiger partial charge >= 0.3 is 0 Å². The second kappa shape index (κ2) is 8.99. The molecule has 1 aliphatic carbocycles. The van der Waals surface area contributed by atoms with Crippen molar-refractivity contribution in [1.82, 2.24) is 5.32 Å². The van der Waals surface area contributed by atoms with Crippen molar-refractivity contribution in [2.75, 3.05) is 20.8 Å². The van der Waals surface area contributed by atoms with Crippen LogP contribution >= 0.6 is 12.4 Å². The Morgan fingerprint density at radius 1 is 1.17 bits per heavy atom. The van der Waals surface area contributed by atoms with Gasteiger partial charge in [0.05, 0.1) is 20.6 Å². The number of halogens is 1. The third-order valence-electron chi connectivity index (χ3n) is 4.30. The van der Waals surface area contributed by atoms with Gasteiger partial charge in [0, 0.05) is 12.1 Å². The predicted octanol–water partition coefficient (Wildman–Crippen LogP) is 2.45. The molecule has 0 spiro atoms. The van der Waals surface area contributed by atoms with E-state index in [1.807, 2.05) is 18.2 Å². The normalized spacial score (nSPS) is 16.1. The van der Waals surface area contributed by atoms with Crippen LogP contribution in [0.15, 0.2) is 18.2 Å². The minimum Gasteiger partial charge on any atom is -0.493 e. The molecule has 1 aromatic carbocycles. The summed E-state index contributed by atoms with van der Waals surface area (Å²) in [6.07, 6.45) is 5.85. The van der Waals surface area contributed by atoms with Crippen LogP contribution in [0.3, 0.4) is 0 Å². The number of hydrogen-bond donors (Lipinski definition) is 2. The topological polar surface area (TPSA) is 73.6 Å². The molecule has 1 aliphatic rings. The molecule has 3 N–H and O–H groups in total. The van der Waals surface area contributed by atoms with Crippen LogP contribution in [0.1, 0.15) is 37.7 Å².